The van der Waals surface area contributed by atoms with Crippen LogP contribution in [0.3, 0.4) is 0 Å². The molecule has 0 aromatic carbocycles. The molecule has 0 spiro atoms. The van der Waals surface area contributed by atoms with Crippen molar-refractivity contribution in [3.63, 3.8) is 0 Å². The van der Waals surface area contributed by atoms with Crippen LogP contribution in [0.25, 0.3) is 0 Å². The molecule has 2 unspecified atom stereocenters. The molecule has 2 rings (SSSR count). The summed E-state index contributed by atoms with van der Waals surface area (Å²) in [4.78, 5) is 15.4. The van der Waals surface area contributed by atoms with Crippen molar-refractivity contribution in [2.45, 2.75) is 32.2 Å². The smallest absolute Gasteiger partial charge is 0.223 e. The fraction of sp³-hybridized carbons (Fsp3) is 0.615. The zero-order chi connectivity index (χ0) is 12.3. The Bertz CT molecular complexity index is 366. The Hall–Kier alpha value is -0.540. The van der Waals surface area contributed by atoms with Crippen LogP contribution in [0.2, 0.25) is 0 Å². The molecule has 0 bridgehead atoms. The highest BCUT2D eigenvalue weighted by atomic mass is 35.5. The first kappa shape index (κ1) is 12.9. The Kier molecular flexibility index (Phi) is 4.46. The molecule has 0 N–H and O–H groups in total. The monoisotopic (exact) mass is 271 g/mol. The normalized spacial score (nSPS) is 22.1. The number of hydrogen-bond donors (Lipinski definition) is 0. The van der Waals surface area contributed by atoms with Gasteiger partial charge in [-0.25, -0.2) is 0 Å². The van der Waals surface area contributed by atoms with Crippen molar-refractivity contribution in [2.24, 2.45) is 5.92 Å². The van der Waals surface area contributed by atoms with Gasteiger partial charge in [-0.15, -0.1) is 22.9 Å². The van der Waals surface area contributed by atoms with E-state index in [-0.39, 0.29) is 11.9 Å². The van der Waals surface area contributed by atoms with Gasteiger partial charge in [0.2, 0.25) is 5.91 Å². The third-order valence-electron chi connectivity index (χ3n) is 3.27. The van der Waals surface area contributed by atoms with E-state index in [1.807, 2.05) is 4.90 Å². The van der Waals surface area contributed by atoms with Gasteiger partial charge in [-0.2, -0.15) is 0 Å². The summed E-state index contributed by atoms with van der Waals surface area (Å²) in [5.74, 6) is 1.19. The van der Waals surface area contributed by atoms with Crippen molar-refractivity contribution < 1.29 is 4.79 Å². The molecule has 2 atom stereocenters. The topological polar surface area (TPSA) is 20.3 Å². The Morgan fingerprint density at radius 2 is 2.47 bits per heavy atom. The van der Waals surface area contributed by atoms with Crippen LogP contribution in [0.5, 0.6) is 0 Å². The summed E-state index contributed by atoms with van der Waals surface area (Å²) >= 11 is 7.61. The van der Waals surface area contributed by atoms with Crippen LogP contribution in [0.1, 0.15) is 37.1 Å². The molecule has 17 heavy (non-hydrogen) atoms. The van der Waals surface area contributed by atoms with E-state index in [0.717, 1.165) is 19.4 Å². The van der Waals surface area contributed by atoms with Gasteiger partial charge in [-0.05, 0) is 23.8 Å². The van der Waals surface area contributed by atoms with Gasteiger partial charge in [0.1, 0.15) is 0 Å². The lowest BCUT2D eigenvalue weighted by Gasteiger charge is -2.27. The number of amides is 1. The van der Waals surface area contributed by atoms with Crippen molar-refractivity contribution in [2.75, 3.05) is 12.4 Å². The summed E-state index contributed by atoms with van der Waals surface area (Å²) in [5, 5.41) is 2.08. The van der Waals surface area contributed by atoms with Crippen LogP contribution in [0.4, 0.5) is 0 Å². The van der Waals surface area contributed by atoms with E-state index >= 15 is 0 Å². The number of carbonyl (C=O) groups excluding carboxylic acids is 1. The first-order valence-corrected chi connectivity index (χ1v) is 7.56. The zero-order valence-electron chi connectivity index (χ0n) is 10.1. The van der Waals surface area contributed by atoms with Gasteiger partial charge in [0.05, 0.1) is 6.04 Å². The molecule has 1 aliphatic heterocycles. The quantitative estimate of drug-likeness (QED) is 0.748. The molecule has 1 fully saturated rings. The van der Waals surface area contributed by atoms with Crippen molar-refractivity contribution in [1.29, 1.82) is 0 Å². The molecule has 1 aliphatic rings. The predicted molar refractivity (Wildman–Crippen MR) is 72.5 cm³/mol. The number of rotatable bonds is 5. The Balaban J connectivity index is 2.14. The van der Waals surface area contributed by atoms with E-state index in [1.165, 1.54) is 4.88 Å². The van der Waals surface area contributed by atoms with E-state index in [4.69, 9.17) is 11.6 Å². The van der Waals surface area contributed by atoms with E-state index in [0.29, 0.717) is 18.2 Å². The first-order chi connectivity index (χ1) is 8.26. The number of likely N-dealkylation sites (tertiary alicyclic amines) is 1. The molecule has 0 saturated carbocycles. The summed E-state index contributed by atoms with van der Waals surface area (Å²) in [6.07, 6.45) is 2.76. The predicted octanol–water partition coefficient (Wildman–Crippen LogP) is 3.68. The summed E-state index contributed by atoms with van der Waals surface area (Å²) in [6.45, 7) is 2.99. The highest BCUT2D eigenvalue weighted by Gasteiger charge is 2.34. The molecule has 0 aliphatic carbocycles. The summed E-state index contributed by atoms with van der Waals surface area (Å²) < 4.78 is 0. The Morgan fingerprint density at radius 3 is 3.00 bits per heavy atom. The maximum Gasteiger partial charge on any atom is 0.223 e. The lowest BCUT2D eigenvalue weighted by atomic mass is 10.1. The van der Waals surface area contributed by atoms with E-state index in [1.54, 1.807) is 11.3 Å². The van der Waals surface area contributed by atoms with Gasteiger partial charge in [0, 0.05) is 23.7 Å². The highest BCUT2D eigenvalue weighted by Crippen LogP contribution is 2.34. The fourth-order valence-corrected chi connectivity index (χ4v) is 3.50. The summed E-state index contributed by atoms with van der Waals surface area (Å²) in [5.41, 5.74) is 0. The van der Waals surface area contributed by atoms with Crippen molar-refractivity contribution in [3.8, 4) is 0 Å². The van der Waals surface area contributed by atoms with Crippen LogP contribution in [0, 0.1) is 5.92 Å². The second-order valence-corrected chi connectivity index (χ2v) is 5.88. The number of hydrogen-bond acceptors (Lipinski definition) is 2. The average molecular weight is 272 g/mol. The molecule has 2 heterocycles. The largest absolute Gasteiger partial charge is 0.335 e. The van der Waals surface area contributed by atoms with Gasteiger partial charge in [-0.1, -0.05) is 19.4 Å². The van der Waals surface area contributed by atoms with E-state index in [2.05, 4.69) is 24.4 Å². The Labute approximate surface area is 112 Å². The number of carbonyl (C=O) groups is 1. The summed E-state index contributed by atoms with van der Waals surface area (Å²) in [7, 11) is 0. The minimum Gasteiger partial charge on any atom is -0.335 e. The third kappa shape index (κ3) is 2.83. The molecule has 1 aromatic heterocycles. The number of alkyl halides is 1. The molecule has 1 aromatic rings. The van der Waals surface area contributed by atoms with Crippen LogP contribution in [0.15, 0.2) is 17.5 Å². The third-order valence-corrected chi connectivity index (χ3v) is 4.68. The lowest BCUT2D eigenvalue weighted by Crippen LogP contribution is -2.30. The van der Waals surface area contributed by atoms with Crippen LogP contribution >= 0.6 is 22.9 Å². The van der Waals surface area contributed by atoms with E-state index < -0.39 is 0 Å². The van der Waals surface area contributed by atoms with Crippen molar-refractivity contribution in [3.05, 3.63) is 22.4 Å². The SMILES string of the molecule is CCCC(c1cccs1)N1CC(CCl)CC1=O. The maximum atomic E-state index is 12.0. The molecular formula is C13H18ClNOS. The number of thiophene rings is 1. The van der Waals surface area contributed by atoms with Crippen LogP contribution < -0.4 is 0 Å². The standard InChI is InChI=1S/C13H18ClNOS/c1-2-4-11(12-5-3-6-17-12)15-9-10(8-14)7-13(15)16/h3,5-6,10-11H,2,4,7-9H2,1H3. The highest BCUT2D eigenvalue weighted by molar-refractivity contribution is 7.10. The first-order valence-electron chi connectivity index (χ1n) is 6.15. The van der Waals surface area contributed by atoms with Crippen LogP contribution in [-0.2, 0) is 4.79 Å². The molecule has 2 nitrogen and oxygen atoms in total. The van der Waals surface area contributed by atoms with Gasteiger partial charge >= 0.3 is 0 Å². The second kappa shape index (κ2) is 5.87. The van der Waals surface area contributed by atoms with Gasteiger partial charge in [0.25, 0.3) is 0 Å². The van der Waals surface area contributed by atoms with Crippen LogP contribution in [-0.4, -0.2) is 23.2 Å². The molecule has 4 heteroatoms. The molecular weight excluding hydrogens is 254 g/mol. The van der Waals surface area contributed by atoms with E-state index in [9.17, 15) is 4.79 Å². The minimum absolute atomic E-state index is 0.265. The molecule has 0 radical (unpaired) electrons. The van der Waals surface area contributed by atoms with Crippen molar-refractivity contribution >= 4 is 28.8 Å². The number of halogens is 1. The zero-order valence-corrected chi connectivity index (χ0v) is 11.6. The van der Waals surface area contributed by atoms with Crippen molar-refractivity contribution in [1.82, 2.24) is 4.90 Å². The van der Waals surface area contributed by atoms with Gasteiger partial charge in [0.15, 0.2) is 0 Å². The second-order valence-electron chi connectivity index (χ2n) is 4.59. The lowest BCUT2D eigenvalue weighted by molar-refractivity contribution is -0.129. The molecule has 1 saturated heterocycles. The maximum absolute atomic E-state index is 12.0. The molecule has 1 amide bonds. The average Bonchev–Trinajstić information content (AvgIpc) is 2.95. The minimum atomic E-state index is 0.265. The van der Waals surface area contributed by atoms with Gasteiger partial charge in [-0.3, -0.25) is 4.79 Å². The number of nitrogens with zero attached hydrogens (tertiary/aromatic N) is 1. The summed E-state index contributed by atoms with van der Waals surface area (Å²) in [6, 6.07) is 4.45. The van der Waals surface area contributed by atoms with Gasteiger partial charge < -0.3 is 4.90 Å². The fourth-order valence-electron chi connectivity index (χ4n) is 2.42. The molecule has 94 valence electrons. The Morgan fingerprint density at radius 1 is 1.65 bits per heavy atom.